The fraction of sp³-hybridized carbons (Fsp3) is 0.391. The topological polar surface area (TPSA) is 111 Å². The van der Waals surface area contributed by atoms with Gasteiger partial charge in [0.2, 0.25) is 5.91 Å². The standard InChI is InChI=1S/C23H23N5O3S2/c29-10-14-2-1-7-28(14)22(30)12-3-5-15-17(8-12)32-21-19(15)20(24-11-25-21)26-13-4-6-16-18(9-13)33-23(31)27-16/h4,6,9,11-12,14,29H,1-3,5,7-8,10H2,(H,27,31)(H,24,25,26). The number of carbonyl (C=O) groups is 1. The largest absolute Gasteiger partial charge is 0.394 e. The Bertz CT molecular complexity index is 1420. The van der Waals surface area contributed by atoms with Gasteiger partial charge in [-0.15, -0.1) is 11.3 Å². The molecular weight excluding hydrogens is 458 g/mol. The molecule has 2 aliphatic rings. The van der Waals surface area contributed by atoms with Crippen molar-refractivity contribution in [3.63, 3.8) is 0 Å². The fourth-order valence-corrected chi connectivity index (χ4v) is 7.17. The van der Waals surface area contributed by atoms with Crippen LogP contribution in [0.4, 0.5) is 11.5 Å². The van der Waals surface area contributed by atoms with Crippen LogP contribution in [-0.2, 0) is 17.6 Å². The second-order valence-electron chi connectivity index (χ2n) is 8.71. The first-order valence-corrected chi connectivity index (χ1v) is 12.8. The quantitative estimate of drug-likeness (QED) is 0.412. The first-order valence-electron chi connectivity index (χ1n) is 11.2. The number of rotatable bonds is 4. The lowest BCUT2D eigenvalue weighted by Gasteiger charge is -2.30. The van der Waals surface area contributed by atoms with Gasteiger partial charge in [0.25, 0.3) is 0 Å². The van der Waals surface area contributed by atoms with E-state index in [1.165, 1.54) is 21.8 Å². The van der Waals surface area contributed by atoms with Crippen molar-refractivity contribution in [3.8, 4) is 0 Å². The van der Waals surface area contributed by atoms with Gasteiger partial charge in [0.1, 0.15) is 17.0 Å². The number of nitrogens with one attached hydrogen (secondary N) is 2. The molecule has 8 nitrogen and oxygen atoms in total. The van der Waals surface area contributed by atoms with Gasteiger partial charge in [-0.25, -0.2) is 9.97 Å². The van der Waals surface area contributed by atoms with Crippen LogP contribution in [0.3, 0.4) is 0 Å². The van der Waals surface area contributed by atoms with Crippen LogP contribution in [0, 0.1) is 5.92 Å². The number of benzene rings is 1. The molecule has 4 aromatic rings. The zero-order valence-electron chi connectivity index (χ0n) is 17.8. The predicted octanol–water partition coefficient (Wildman–Crippen LogP) is 3.43. The summed E-state index contributed by atoms with van der Waals surface area (Å²) in [5.74, 6) is 0.892. The third-order valence-electron chi connectivity index (χ3n) is 6.75. The second kappa shape index (κ2) is 8.19. The van der Waals surface area contributed by atoms with E-state index in [4.69, 9.17) is 0 Å². The lowest BCUT2D eigenvalue weighted by Crippen LogP contribution is -2.42. The highest BCUT2D eigenvalue weighted by molar-refractivity contribution is 7.19. The summed E-state index contributed by atoms with van der Waals surface area (Å²) in [7, 11) is 0. The Balaban J connectivity index is 1.30. The van der Waals surface area contributed by atoms with Crippen LogP contribution in [0.15, 0.2) is 29.3 Å². The molecule has 4 heterocycles. The minimum absolute atomic E-state index is 0.0287. The Morgan fingerprint density at radius 1 is 1.27 bits per heavy atom. The van der Waals surface area contributed by atoms with E-state index >= 15 is 0 Å². The number of aliphatic hydroxyl groups is 1. The molecule has 170 valence electrons. The minimum atomic E-state index is -0.0678. The molecule has 0 radical (unpaired) electrons. The summed E-state index contributed by atoms with van der Waals surface area (Å²) in [5.41, 5.74) is 2.92. The van der Waals surface area contributed by atoms with Gasteiger partial charge in [0.15, 0.2) is 0 Å². The van der Waals surface area contributed by atoms with Crippen molar-refractivity contribution in [2.45, 2.75) is 38.1 Å². The van der Waals surface area contributed by atoms with E-state index in [9.17, 15) is 14.7 Å². The Labute approximate surface area is 197 Å². The maximum Gasteiger partial charge on any atom is 0.305 e. The molecule has 1 aromatic carbocycles. The summed E-state index contributed by atoms with van der Waals surface area (Å²) >= 11 is 2.83. The molecular formula is C23H23N5O3S2. The highest BCUT2D eigenvalue weighted by Gasteiger charge is 2.35. The van der Waals surface area contributed by atoms with E-state index in [-0.39, 0.29) is 29.3 Å². The number of aryl methyl sites for hydroxylation is 1. The molecule has 3 aromatic heterocycles. The average molecular weight is 482 g/mol. The monoisotopic (exact) mass is 481 g/mol. The number of carbonyl (C=O) groups excluding carboxylic acids is 1. The summed E-state index contributed by atoms with van der Waals surface area (Å²) in [4.78, 5) is 40.6. The molecule has 6 rings (SSSR count). The van der Waals surface area contributed by atoms with Crippen molar-refractivity contribution in [2.75, 3.05) is 18.5 Å². The van der Waals surface area contributed by atoms with Crippen molar-refractivity contribution in [2.24, 2.45) is 5.92 Å². The number of aromatic amines is 1. The molecule has 1 aliphatic carbocycles. The molecule has 2 atom stereocenters. The molecule has 2 unspecified atom stereocenters. The van der Waals surface area contributed by atoms with Crippen LogP contribution >= 0.6 is 22.7 Å². The number of anilines is 2. The van der Waals surface area contributed by atoms with Crippen LogP contribution in [-0.4, -0.2) is 50.1 Å². The average Bonchev–Trinajstić information content (AvgIpc) is 3.53. The van der Waals surface area contributed by atoms with E-state index < -0.39 is 0 Å². The summed E-state index contributed by atoms with van der Waals surface area (Å²) in [6, 6.07) is 5.75. The van der Waals surface area contributed by atoms with Crippen molar-refractivity contribution in [3.05, 3.63) is 44.6 Å². The fourth-order valence-electron chi connectivity index (χ4n) is 5.13. The van der Waals surface area contributed by atoms with Crippen LogP contribution in [0.25, 0.3) is 20.4 Å². The normalized spacial score (nSPS) is 20.5. The number of amides is 1. The predicted molar refractivity (Wildman–Crippen MR) is 130 cm³/mol. The lowest BCUT2D eigenvalue weighted by molar-refractivity contribution is -0.137. The summed E-state index contributed by atoms with van der Waals surface area (Å²) in [6.45, 7) is 0.794. The highest BCUT2D eigenvalue weighted by Crippen LogP contribution is 2.41. The van der Waals surface area contributed by atoms with Crippen molar-refractivity contribution in [1.82, 2.24) is 19.9 Å². The zero-order chi connectivity index (χ0) is 22.5. The van der Waals surface area contributed by atoms with Crippen molar-refractivity contribution in [1.29, 1.82) is 0 Å². The van der Waals surface area contributed by atoms with Gasteiger partial charge >= 0.3 is 4.87 Å². The second-order valence-corrected chi connectivity index (χ2v) is 10.8. The van der Waals surface area contributed by atoms with Gasteiger partial charge in [-0.1, -0.05) is 11.3 Å². The summed E-state index contributed by atoms with van der Waals surface area (Å²) in [5, 5.41) is 14.1. The van der Waals surface area contributed by atoms with Crippen LogP contribution in [0.2, 0.25) is 0 Å². The number of thiazole rings is 1. The molecule has 0 bridgehead atoms. The van der Waals surface area contributed by atoms with Crippen LogP contribution < -0.4 is 10.2 Å². The molecule has 0 saturated carbocycles. The smallest absolute Gasteiger partial charge is 0.305 e. The maximum atomic E-state index is 13.2. The minimum Gasteiger partial charge on any atom is -0.394 e. The molecule has 1 fully saturated rings. The maximum absolute atomic E-state index is 13.2. The molecule has 0 spiro atoms. The number of fused-ring (bicyclic) bond motifs is 4. The van der Waals surface area contributed by atoms with Crippen molar-refractivity contribution >= 4 is 60.5 Å². The Morgan fingerprint density at radius 3 is 3.06 bits per heavy atom. The van der Waals surface area contributed by atoms with Gasteiger partial charge in [-0.2, -0.15) is 0 Å². The molecule has 33 heavy (non-hydrogen) atoms. The molecule has 3 N–H and O–H groups in total. The molecule has 10 heteroatoms. The van der Waals surface area contributed by atoms with Gasteiger partial charge < -0.3 is 20.3 Å². The van der Waals surface area contributed by atoms with E-state index in [0.29, 0.717) is 6.42 Å². The van der Waals surface area contributed by atoms with Gasteiger partial charge in [0, 0.05) is 23.0 Å². The highest BCUT2D eigenvalue weighted by atomic mass is 32.1. The summed E-state index contributed by atoms with van der Waals surface area (Å²) in [6.07, 6.45) is 5.74. The number of nitrogens with zero attached hydrogens (tertiary/aromatic N) is 3. The van der Waals surface area contributed by atoms with E-state index in [0.717, 1.165) is 64.2 Å². The first-order chi connectivity index (χ1) is 16.1. The number of aromatic nitrogens is 3. The molecule has 1 amide bonds. The number of hydrogen-bond acceptors (Lipinski definition) is 8. The van der Waals surface area contributed by atoms with Gasteiger partial charge in [-0.05, 0) is 55.9 Å². The number of thiophene rings is 1. The number of H-pyrrole nitrogens is 1. The van der Waals surface area contributed by atoms with Crippen LogP contribution in [0.1, 0.15) is 29.7 Å². The van der Waals surface area contributed by atoms with E-state index in [2.05, 4.69) is 20.3 Å². The number of likely N-dealkylation sites (tertiary alicyclic amines) is 1. The van der Waals surface area contributed by atoms with Gasteiger partial charge in [0.05, 0.1) is 28.3 Å². The molecule has 1 saturated heterocycles. The number of aliphatic hydroxyl groups excluding tert-OH is 1. The Hall–Kier alpha value is -2.82. The SMILES string of the molecule is O=C(C1CCc2c(sc3ncnc(Nc4ccc5[nH]c(=O)sc5c4)c23)C1)N1CCCC1CO. The zero-order valence-corrected chi connectivity index (χ0v) is 19.5. The van der Waals surface area contributed by atoms with E-state index in [1.54, 1.807) is 17.7 Å². The van der Waals surface area contributed by atoms with Crippen molar-refractivity contribution < 1.29 is 9.90 Å². The lowest BCUT2D eigenvalue weighted by atomic mass is 9.86. The number of hydrogen-bond donors (Lipinski definition) is 3. The first kappa shape index (κ1) is 20.8. The Kier molecular flexibility index (Phi) is 5.16. The van der Waals surface area contributed by atoms with E-state index in [1.807, 2.05) is 23.1 Å². The third kappa shape index (κ3) is 3.62. The van der Waals surface area contributed by atoms with Crippen LogP contribution in [0.5, 0.6) is 0 Å². The van der Waals surface area contributed by atoms with Gasteiger partial charge in [-0.3, -0.25) is 9.59 Å². The summed E-state index contributed by atoms with van der Waals surface area (Å²) < 4.78 is 0.895. The third-order valence-corrected chi connectivity index (χ3v) is 8.76. The Morgan fingerprint density at radius 2 is 2.18 bits per heavy atom. The molecule has 1 aliphatic heterocycles.